The van der Waals surface area contributed by atoms with Gasteiger partial charge in [-0.1, -0.05) is 0 Å². The molecule has 0 saturated carbocycles. The van der Waals surface area contributed by atoms with Crippen LogP contribution in [0.5, 0.6) is 0 Å². The third kappa shape index (κ3) is 1.64. The van der Waals surface area contributed by atoms with Gasteiger partial charge < -0.3 is 0 Å². The normalized spacial score (nSPS) is 22.9. The first-order valence-electron chi connectivity index (χ1n) is 4.83. The highest BCUT2D eigenvalue weighted by Crippen LogP contribution is 2.32. The molecule has 0 amide bonds. The summed E-state index contributed by atoms with van der Waals surface area (Å²) in [5, 5.41) is 0. The lowest BCUT2D eigenvalue weighted by Gasteiger charge is -2.20. The van der Waals surface area contributed by atoms with Gasteiger partial charge in [0.15, 0.2) is 0 Å². The summed E-state index contributed by atoms with van der Waals surface area (Å²) < 4.78 is 26.3. The van der Waals surface area contributed by atoms with Crippen LogP contribution < -0.4 is 0 Å². The molecule has 1 heterocycles. The van der Waals surface area contributed by atoms with Crippen molar-refractivity contribution in [1.29, 1.82) is 0 Å². The van der Waals surface area contributed by atoms with Gasteiger partial charge in [-0.3, -0.25) is 4.90 Å². The fraction of sp³-hybridized carbons (Fsp3) is 0.455. The lowest BCUT2D eigenvalue weighted by molar-refractivity contribution is 0.309. The Morgan fingerprint density at radius 3 is 2.79 bits per heavy atom. The van der Waals surface area contributed by atoms with Crippen LogP contribution in [0.1, 0.15) is 24.4 Å². The fourth-order valence-electron chi connectivity index (χ4n) is 2.07. The van der Waals surface area contributed by atoms with Crippen LogP contribution in [0.2, 0.25) is 0 Å². The zero-order chi connectivity index (χ0) is 10.1. The van der Waals surface area contributed by atoms with Gasteiger partial charge in [0.2, 0.25) is 0 Å². The van der Waals surface area contributed by atoms with E-state index >= 15 is 0 Å². The molecule has 14 heavy (non-hydrogen) atoms. The van der Waals surface area contributed by atoms with Crippen molar-refractivity contribution in [2.45, 2.75) is 18.9 Å². The Morgan fingerprint density at radius 1 is 1.36 bits per heavy atom. The maximum absolute atomic E-state index is 13.4. The Kier molecular flexibility index (Phi) is 2.50. The van der Waals surface area contributed by atoms with Crippen LogP contribution >= 0.6 is 0 Å². The molecule has 1 atom stereocenters. The Morgan fingerprint density at radius 2 is 2.14 bits per heavy atom. The first-order chi connectivity index (χ1) is 6.68. The molecule has 1 fully saturated rings. The van der Waals surface area contributed by atoms with E-state index < -0.39 is 0 Å². The molecule has 0 bridgehead atoms. The van der Waals surface area contributed by atoms with Crippen molar-refractivity contribution >= 4 is 0 Å². The zero-order valence-corrected chi connectivity index (χ0v) is 8.13. The van der Waals surface area contributed by atoms with Gasteiger partial charge in [-0.05, 0) is 44.6 Å². The van der Waals surface area contributed by atoms with E-state index in [9.17, 15) is 8.78 Å². The minimum atomic E-state index is -0.360. The quantitative estimate of drug-likeness (QED) is 0.669. The van der Waals surface area contributed by atoms with Gasteiger partial charge >= 0.3 is 0 Å². The third-order valence-corrected chi connectivity index (χ3v) is 2.84. The predicted octanol–water partition coefficient (Wildman–Crippen LogP) is 2.73. The maximum Gasteiger partial charge on any atom is 0.128 e. The number of nitrogens with zero attached hydrogens (tertiary/aromatic N) is 1. The van der Waals surface area contributed by atoms with Gasteiger partial charge in [0, 0.05) is 11.6 Å². The van der Waals surface area contributed by atoms with E-state index in [1.54, 1.807) is 0 Å². The number of rotatable bonds is 1. The molecular formula is C11H13F2N. The van der Waals surface area contributed by atoms with Crippen LogP contribution in [0.15, 0.2) is 18.2 Å². The standard InChI is InChI=1S/C11H13F2N/c1-14-6-2-3-11(14)9-7-8(12)4-5-10(9)13/h4-5,7,11H,2-3,6H2,1H3. The molecule has 0 N–H and O–H groups in total. The number of benzene rings is 1. The van der Waals surface area contributed by atoms with E-state index in [1.807, 2.05) is 7.05 Å². The largest absolute Gasteiger partial charge is 0.299 e. The highest BCUT2D eigenvalue weighted by atomic mass is 19.1. The molecule has 1 aliphatic rings. The van der Waals surface area contributed by atoms with E-state index in [0.29, 0.717) is 5.56 Å². The monoisotopic (exact) mass is 197 g/mol. The minimum absolute atomic E-state index is 0.0469. The molecule has 1 aromatic carbocycles. The van der Waals surface area contributed by atoms with Crippen molar-refractivity contribution in [2.24, 2.45) is 0 Å². The van der Waals surface area contributed by atoms with E-state index in [-0.39, 0.29) is 17.7 Å². The molecule has 0 radical (unpaired) electrons. The molecule has 1 aliphatic heterocycles. The van der Waals surface area contributed by atoms with E-state index in [1.165, 1.54) is 12.1 Å². The summed E-state index contributed by atoms with van der Waals surface area (Å²) in [6.07, 6.45) is 1.97. The summed E-state index contributed by atoms with van der Waals surface area (Å²) in [6.45, 7) is 0.959. The summed E-state index contributed by atoms with van der Waals surface area (Å²) in [7, 11) is 1.95. The lowest BCUT2D eigenvalue weighted by Crippen LogP contribution is -2.18. The molecule has 76 valence electrons. The molecule has 2 rings (SSSR count). The summed E-state index contributed by atoms with van der Waals surface area (Å²) in [6, 6.07) is 3.72. The van der Waals surface area contributed by atoms with Gasteiger partial charge in [-0.2, -0.15) is 0 Å². The first kappa shape index (κ1) is 9.59. The summed E-state index contributed by atoms with van der Waals surface area (Å²) in [5.74, 6) is -0.660. The smallest absolute Gasteiger partial charge is 0.128 e. The molecule has 1 unspecified atom stereocenters. The Hall–Kier alpha value is -0.960. The van der Waals surface area contributed by atoms with Crippen LogP contribution in [0.4, 0.5) is 8.78 Å². The summed E-state index contributed by atoms with van der Waals surface area (Å²) >= 11 is 0. The van der Waals surface area contributed by atoms with Crippen molar-refractivity contribution in [3.8, 4) is 0 Å². The summed E-state index contributed by atoms with van der Waals surface area (Å²) in [4.78, 5) is 2.07. The first-order valence-corrected chi connectivity index (χ1v) is 4.83. The highest BCUT2D eigenvalue weighted by Gasteiger charge is 2.25. The predicted molar refractivity (Wildman–Crippen MR) is 51.0 cm³/mol. The second-order valence-electron chi connectivity index (χ2n) is 3.80. The fourth-order valence-corrected chi connectivity index (χ4v) is 2.07. The Labute approximate surface area is 82.3 Å². The van der Waals surface area contributed by atoms with Crippen LogP contribution in [-0.2, 0) is 0 Å². The van der Waals surface area contributed by atoms with Crippen molar-refractivity contribution in [3.05, 3.63) is 35.4 Å². The van der Waals surface area contributed by atoms with Gasteiger partial charge in [0.25, 0.3) is 0 Å². The minimum Gasteiger partial charge on any atom is -0.299 e. The molecule has 1 saturated heterocycles. The molecule has 3 heteroatoms. The van der Waals surface area contributed by atoms with E-state index in [0.717, 1.165) is 25.5 Å². The lowest BCUT2D eigenvalue weighted by atomic mass is 10.0. The van der Waals surface area contributed by atoms with E-state index in [2.05, 4.69) is 4.90 Å². The molecule has 0 aromatic heterocycles. The van der Waals surface area contributed by atoms with Crippen molar-refractivity contribution in [1.82, 2.24) is 4.90 Å². The number of likely N-dealkylation sites (tertiary alicyclic amines) is 1. The number of halogens is 2. The zero-order valence-electron chi connectivity index (χ0n) is 8.13. The van der Waals surface area contributed by atoms with Gasteiger partial charge in [-0.15, -0.1) is 0 Å². The molecular weight excluding hydrogens is 184 g/mol. The van der Waals surface area contributed by atoms with Gasteiger partial charge in [0.1, 0.15) is 11.6 Å². The Balaban J connectivity index is 2.34. The molecule has 1 aromatic rings. The third-order valence-electron chi connectivity index (χ3n) is 2.84. The van der Waals surface area contributed by atoms with Crippen molar-refractivity contribution in [2.75, 3.05) is 13.6 Å². The van der Waals surface area contributed by atoms with Crippen molar-refractivity contribution in [3.63, 3.8) is 0 Å². The average molecular weight is 197 g/mol. The molecule has 0 spiro atoms. The van der Waals surface area contributed by atoms with Crippen LogP contribution in [0.25, 0.3) is 0 Å². The van der Waals surface area contributed by atoms with Crippen molar-refractivity contribution < 1.29 is 8.78 Å². The molecule has 0 aliphatic carbocycles. The SMILES string of the molecule is CN1CCCC1c1cc(F)ccc1F. The van der Waals surface area contributed by atoms with Gasteiger partial charge in [-0.25, -0.2) is 8.78 Å². The average Bonchev–Trinajstić information content (AvgIpc) is 2.56. The summed E-state index contributed by atoms with van der Waals surface area (Å²) in [5.41, 5.74) is 0.491. The number of hydrogen-bond acceptors (Lipinski definition) is 1. The van der Waals surface area contributed by atoms with Crippen LogP contribution in [0, 0.1) is 11.6 Å². The second kappa shape index (κ2) is 3.65. The van der Waals surface area contributed by atoms with E-state index in [4.69, 9.17) is 0 Å². The van der Waals surface area contributed by atoms with Crippen LogP contribution in [0.3, 0.4) is 0 Å². The number of hydrogen-bond donors (Lipinski definition) is 0. The van der Waals surface area contributed by atoms with Gasteiger partial charge in [0.05, 0.1) is 0 Å². The molecule has 1 nitrogen and oxygen atoms in total. The Bertz CT molecular complexity index is 338. The second-order valence-corrected chi connectivity index (χ2v) is 3.80. The van der Waals surface area contributed by atoms with Crippen LogP contribution in [-0.4, -0.2) is 18.5 Å². The topological polar surface area (TPSA) is 3.24 Å². The maximum atomic E-state index is 13.4. The highest BCUT2D eigenvalue weighted by molar-refractivity contribution is 5.23.